The summed E-state index contributed by atoms with van der Waals surface area (Å²) in [5.74, 6) is -0.334. The van der Waals surface area contributed by atoms with Crippen molar-refractivity contribution in [2.45, 2.75) is 6.42 Å². The summed E-state index contributed by atoms with van der Waals surface area (Å²) in [7, 11) is 3.38. The van der Waals surface area contributed by atoms with Crippen molar-refractivity contribution in [3.05, 3.63) is 29.7 Å². The number of likely N-dealkylation sites (N-methyl/N-ethyl adjacent to an activating group) is 1. The van der Waals surface area contributed by atoms with Crippen LogP contribution in [0.15, 0.2) is 18.2 Å². The first-order valence-electron chi connectivity index (χ1n) is 7.54. The van der Waals surface area contributed by atoms with Crippen molar-refractivity contribution in [2.75, 3.05) is 45.2 Å². The molecular formula is C16H19FN4O2. The van der Waals surface area contributed by atoms with Gasteiger partial charge < -0.3 is 14.5 Å². The Labute approximate surface area is 133 Å². The number of carbonyl (C=O) groups excluding carboxylic acids is 1. The maximum Gasteiger partial charge on any atom is 0.311 e. The van der Waals surface area contributed by atoms with Crippen LogP contribution in [-0.4, -0.2) is 61.2 Å². The molecule has 0 amide bonds. The van der Waals surface area contributed by atoms with Crippen molar-refractivity contribution < 1.29 is 13.9 Å². The molecular weight excluding hydrogens is 299 g/mol. The van der Waals surface area contributed by atoms with Crippen LogP contribution in [0, 0.1) is 5.82 Å². The smallest absolute Gasteiger partial charge is 0.311 e. The van der Waals surface area contributed by atoms with Gasteiger partial charge in [-0.2, -0.15) is 0 Å². The lowest BCUT2D eigenvalue weighted by Gasteiger charge is -2.32. The van der Waals surface area contributed by atoms with E-state index in [9.17, 15) is 9.18 Å². The van der Waals surface area contributed by atoms with Crippen molar-refractivity contribution in [1.82, 2.24) is 14.9 Å². The Morgan fingerprint density at radius 1 is 1.26 bits per heavy atom. The Balaban J connectivity index is 2.04. The highest BCUT2D eigenvalue weighted by Crippen LogP contribution is 2.23. The normalized spacial score (nSPS) is 15.9. The van der Waals surface area contributed by atoms with Crippen LogP contribution in [0.1, 0.15) is 5.69 Å². The van der Waals surface area contributed by atoms with Crippen LogP contribution in [-0.2, 0) is 16.0 Å². The second kappa shape index (κ2) is 6.45. The van der Waals surface area contributed by atoms with E-state index in [1.54, 1.807) is 12.1 Å². The molecule has 0 atom stereocenters. The number of carbonyl (C=O) groups is 1. The molecule has 1 fully saturated rings. The predicted molar refractivity (Wildman–Crippen MR) is 84.9 cm³/mol. The van der Waals surface area contributed by atoms with Gasteiger partial charge in [0.15, 0.2) is 0 Å². The second-order valence-electron chi connectivity index (χ2n) is 5.65. The molecule has 3 rings (SSSR count). The van der Waals surface area contributed by atoms with E-state index in [2.05, 4.69) is 26.8 Å². The molecule has 0 aliphatic carbocycles. The van der Waals surface area contributed by atoms with E-state index in [4.69, 9.17) is 4.74 Å². The number of halogens is 1. The Morgan fingerprint density at radius 3 is 2.70 bits per heavy atom. The number of piperazine rings is 1. The van der Waals surface area contributed by atoms with E-state index >= 15 is 0 Å². The highest BCUT2D eigenvalue weighted by atomic mass is 19.1. The lowest BCUT2D eigenvalue weighted by atomic mass is 10.1. The summed E-state index contributed by atoms with van der Waals surface area (Å²) < 4.78 is 18.9. The molecule has 1 aliphatic heterocycles. The van der Waals surface area contributed by atoms with E-state index in [-0.39, 0.29) is 11.8 Å². The predicted octanol–water partition coefficient (Wildman–Crippen LogP) is 1.24. The Morgan fingerprint density at radius 2 is 2.00 bits per heavy atom. The van der Waals surface area contributed by atoms with Gasteiger partial charge in [-0.3, -0.25) is 4.79 Å². The summed E-state index contributed by atoms with van der Waals surface area (Å²) in [6, 6.07) is 4.70. The highest BCUT2D eigenvalue weighted by Gasteiger charge is 2.20. The molecule has 1 aromatic carbocycles. The molecule has 0 radical (unpaired) electrons. The molecule has 1 saturated heterocycles. The Bertz CT molecular complexity index is 729. The van der Waals surface area contributed by atoms with E-state index in [1.807, 2.05) is 0 Å². The summed E-state index contributed by atoms with van der Waals surface area (Å²) in [5, 5.41) is 0.288. The quantitative estimate of drug-likeness (QED) is 0.794. The summed E-state index contributed by atoms with van der Waals surface area (Å²) in [4.78, 5) is 24.9. The third kappa shape index (κ3) is 3.24. The third-order valence-corrected chi connectivity index (χ3v) is 4.06. The molecule has 0 unspecified atom stereocenters. The molecule has 6 nitrogen and oxygen atoms in total. The first kappa shape index (κ1) is 15.6. The lowest BCUT2D eigenvalue weighted by Crippen LogP contribution is -2.45. The number of nitrogens with zero attached hydrogens (tertiary/aromatic N) is 4. The summed E-state index contributed by atoms with van der Waals surface area (Å²) in [5.41, 5.74) is 0.877. The van der Waals surface area contributed by atoms with E-state index in [0.29, 0.717) is 17.2 Å². The zero-order chi connectivity index (χ0) is 16.4. The summed E-state index contributed by atoms with van der Waals surface area (Å²) in [6.45, 7) is 3.43. The number of methoxy groups -OCH3 is 1. The fourth-order valence-corrected chi connectivity index (χ4v) is 2.69. The van der Waals surface area contributed by atoms with Gasteiger partial charge in [0.1, 0.15) is 5.82 Å². The summed E-state index contributed by atoms with van der Waals surface area (Å²) in [6.07, 6.45) is -0.0722. The van der Waals surface area contributed by atoms with Gasteiger partial charge in [-0.25, -0.2) is 14.4 Å². The van der Waals surface area contributed by atoms with Crippen LogP contribution in [0.3, 0.4) is 0 Å². The molecule has 0 bridgehead atoms. The van der Waals surface area contributed by atoms with Crippen molar-refractivity contribution in [1.29, 1.82) is 0 Å². The maximum absolute atomic E-state index is 14.2. The van der Waals surface area contributed by atoms with E-state index < -0.39 is 11.8 Å². The molecule has 7 heteroatoms. The Kier molecular flexibility index (Phi) is 4.38. The number of benzene rings is 1. The van der Waals surface area contributed by atoms with Gasteiger partial charge in [-0.15, -0.1) is 0 Å². The minimum Gasteiger partial charge on any atom is -0.469 e. The number of hydrogen-bond donors (Lipinski definition) is 0. The van der Waals surface area contributed by atoms with Crippen LogP contribution in [0.25, 0.3) is 10.9 Å². The molecule has 2 aromatic rings. The van der Waals surface area contributed by atoms with Gasteiger partial charge >= 0.3 is 5.97 Å². The minimum absolute atomic E-state index is 0.0722. The fourth-order valence-electron chi connectivity index (χ4n) is 2.69. The Hall–Kier alpha value is -2.28. The van der Waals surface area contributed by atoms with Crippen molar-refractivity contribution >= 4 is 22.8 Å². The zero-order valence-corrected chi connectivity index (χ0v) is 13.3. The molecule has 122 valence electrons. The molecule has 0 spiro atoms. The molecule has 2 heterocycles. The SMILES string of the molecule is COC(=O)Cc1nc(N2CCN(C)CC2)nc2cccc(F)c12. The van der Waals surface area contributed by atoms with Crippen LogP contribution in [0.2, 0.25) is 0 Å². The topological polar surface area (TPSA) is 58.6 Å². The first-order valence-corrected chi connectivity index (χ1v) is 7.54. The molecule has 1 aromatic heterocycles. The van der Waals surface area contributed by atoms with Gasteiger partial charge in [-0.1, -0.05) is 6.07 Å². The largest absolute Gasteiger partial charge is 0.469 e. The zero-order valence-electron chi connectivity index (χ0n) is 13.3. The number of anilines is 1. The van der Waals surface area contributed by atoms with Gasteiger partial charge in [0, 0.05) is 26.2 Å². The van der Waals surface area contributed by atoms with Crippen LogP contribution < -0.4 is 4.90 Å². The molecule has 1 aliphatic rings. The number of rotatable bonds is 3. The third-order valence-electron chi connectivity index (χ3n) is 4.06. The molecule has 23 heavy (non-hydrogen) atoms. The monoisotopic (exact) mass is 318 g/mol. The van der Waals surface area contributed by atoms with Crippen molar-refractivity contribution in [3.8, 4) is 0 Å². The summed E-state index contributed by atoms with van der Waals surface area (Å²) >= 11 is 0. The second-order valence-corrected chi connectivity index (χ2v) is 5.65. The van der Waals surface area contributed by atoms with Gasteiger partial charge in [-0.05, 0) is 19.2 Å². The van der Waals surface area contributed by atoms with Gasteiger partial charge in [0.05, 0.1) is 30.1 Å². The van der Waals surface area contributed by atoms with Crippen LogP contribution >= 0.6 is 0 Å². The van der Waals surface area contributed by atoms with Gasteiger partial charge in [0.25, 0.3) is 0 Å². The number of fused-ring (bicyclic) bond motifs is 1. The standard InChI is InChI=1S/C16H19FN4O2/c1-20-6-8-21(9-7-20)16-18-12-5-3-4-11(17)15(12)13(19-16)10-14(22)23-2/h3-5H,6-10H2,1-2H3. The first-order chi connectivity index (χ1) is 11.1. The maximum atomic E-state index is 14.2. The van der Waals surface area contributed by atoms with Crippen LogP contribution in [0.5, 0.6) is 0 Å². The van der Waals surface area contributed by atoms with Gasteiger partial charge in [0.2, 0.25) is 5.95 Å². The number of esters is 1. The van der Waals surface area contributed by atoms with Crippen molar-refractivity contribution in [2.24, 2.45) is 0 Å². The minimum atomic E-state index is -0.447. The average Bonchev–Trinajstić information content (AvgIpc) is 2.55. The molecule has 0 saturated carbocycles. The lowest BCUT2D eigenvalue weighted by molar-refractivity contribution is -0.139. The fraction of sp³-hybridized carbons (Fsp3) is 0.438. The number of aromatic nitrogens is 2. The highest BCUT2D eigenvalue weighted by molar-refractivity contribution is 5.86. The van der Waals surface area contributed by atoms with E-state index in [1.165, 1.54) is 13.2 Å². The van der Waals surface area contributed by atoms with Crippen LogP contribution in [0.4, 0.5) is 10.3 Å². The number of hydrogen-bond acceptors (Lipinski definition) is 6. The molecule has 0 N–H and O–H groups in total. The van der Waals surface area contributed by atoms with Crippen molar-refractivity contribution in [3.63, 3.8) is 0 Å². The number of ether oxygens (including phenoxy) is 1. The average molecular weight is 318 g/mol. The van der Waals surface area contributed by atoms with E-state index in [0.717, 1.165) is 26.2 Å².